The molecule has 6 atom stereocenters. The Balaban J connectivity index is 1.55. The summed E-state index contributed by atoms with van der Waals surface area (Å²) < 4.78 is 52.5. The molecule has 1 fully saturated rings. The lowest BCUT2D eigenvalue weighted by Gasteiger charge is -2.31. The first-order valence-corrected chi connectivity index (χ1v) is 15.0. The first-order chi connectivity index (χ1) is 19.8. The second-order valence-corrected chi connectivity index (χ2v) is 12.7. The number of aliphatic hydroxyl groups is 2. The minimum atomic E-state index is -4.44. The maximum Gasteiger partial charge on any atom is 0.459 e. The van der Waals surface area contributed by atoms with Gasteiger partial charge in [0.2, 0.25) is 0 Å². The molecule has 0 bridgehead atoms. The van der Waals surface area contributed by atoms with Crippen molar-refractivity contribution < 1.29 is 42.5 Å². The van der Waals surface area contributed by atoms with E-state index in [0.717, 1.165) is 6.42 Å². The van der Waals surface area contributed by atoms with Crippen molar-refractivity contribution in [1.29, 1.82) is 0 Å². The molecule has 3 heterocycles. The van der Waals surface area contributed by atoms with Gasteiger partial charge < -0.3 is 29.9 Å². The molecular weight excluding hydrogens is 572 g/mol. The Labute approximate surface area is 242 Å². The number of hydrogen-bond acceptors (Lipinski definition) is 11. The number of nitrogens with two attached hydrogens (primary N) is 1. The zero-order valence-electron chi connectivity index (χ0n) is 23.8. The van der Waals surface area contributed by atoms with Gasteiger partial charge in [0.1, 0.15) is 54.2 Å². The van der Waals surface area contributed by atoms with Crippen molar-refractivity contribution in [3.8, 4) is 5.75 Å². The van der Waals surface area contributed by atoms with Gasteiger partial charge >= 0.3 is 13.7 Å². The van der Waals surface area contributed by atoms with E-state index in [2.05, 4.69) is 15.2 Å². The Morgan fingerprint density at radius 3 is 2.67 bits per heavy atom. The number of carbonyl (C=O) groups excluding carboxylic acids is 1. The highest BCUT2D eigenvalue weighted by molar-refractivity contribution is 7.52. The molecule has 0 amide bonds. The van der Waals surface area contributed by atoms with Crippen molar-refractivity contribution in [1.82, 2.24) is 19.7 Å². The molecule has 1 aromatic carbocycles. The molecule has 42 heavy (non-hydrogen) atoms. The van der Waals surface area contributed by atoms with E-state index in [-0.39, 0.29) is 29.3 Å². The number of esters is 1. The average molecular weight is 610 g/mol. The number of carbonyl (C=O) groups is 1. The van der Waals surface area contributed by atoms with Gasteiger partial charge in [-0.05, 0) is 43.0 Å². The lowest BCUT2D eigenvalue weighted by Crippen LogP contribution is -2.49. The quantitative estimate of drug-likeness (QED) is 0.165. The van der Waals surface area contributed by atoms with Crippen LogP contribution in [0, 0.1) is 5.41 Å². The number of para-hydroxylation sites is 1. The van der Waals surface area contributed by atoms with Crippen molar-refractivity contribution >= 4 is 25.1 Å². The number of alkyl halides is 1. The number of rotatable bonds is 13. The molecule has 0 spiro atoms. The predicted molar refractivity (Wildman–Crippen MR) is 150 cm³/mol. The average Bonchev–Trinajstić information content (AvgIpc) is 3.51. The molecule has 0 aliphatic carbocycles. The summed E-state index contributed by atoms with van der Waals surface area (Å²) in [6, 6.07) is 10.0. The number of nitrogen functional groups attached to an aromatic ring is 1. The lowest BCUT2D eigenvalue weighted by atomic mass is 9.92. The van der Waals surface area contributed by atoms with Crippen LogP contribution in [0.15, 0.2) is 48.8 Å². The smallest absolute Gasteiger partial charge is 0.459 e. The molecule has 1 aliphatic heterocycles. The molecule has 13 nitrogen and oxygen atoms in total. The monoisotopic (exact) mass is 609 g/mol. The molecule has 1 aliphatic rings. The molecule has 230 valence electrons. The number of aliphatic hydroxyl groups excluding tert-OH is 2. The van der Waals surface area contributed by atoms with Crippen LogP contribution in [0.25, 0.3) is 5.52 Å². The van der Waals surface area contributed by atoms with Crippen LogP contribution in [0.3, 0.4) is 0 Å². The van der Waals surface area contributed by atoms with Gasteiger partial charge in [0, 0.05) is 0 Å². The number of fused-ring (bicyclic) bond motifs is 1. The fraction of sp³-hybridized carbons (Fsp3) is 0.519. The minimum absolute atomic E-state index is 0.133. The van der Waals surface area contributed by atoms with Crippen molar-refractivity contribution in [2.24, 2.45) is 5.41 Å². The van der Waals surface area contributed by atoms with Crippen LogP contribution in [0.1, 0.15) is 45.9 Å². The van der Waals surface area contributed by atoms with Crippen molar-refractivity contribution in [2.75, 3.05) is 25.6 Å². The molecule has 0 radical (unpaired) electrons. The van der Waals surface area contributed by atoms with Crippen molar-refractivity contribution in [3.63, 3.8) is 0 Å². The number of halogens is 1. The van der Waals surface area contributed by atoms with Crippen molar-refractivity contribution in [3.05, 3.63) is 54.5 Å². The number of nitrogens with one attached hydrogen (secondary N) is 1. The third-order valence-corrected chi connectivity index (χ3v) is 8.90. The Morgan fingerprint density at radius 1 is 1.29 bits per heavy atom. The van der Waals surface area contributed by atoms with Gasteiger partial charge in [-0.3, -0.25) is 9.32 Å². The molecule has 1 saturated heterocycles. The molecule has 0 saturated carbocycles. The summed E-state index contributed by atoms with van der Waals surface area (Å²) in [6.07, 6.45) is -2.71. The summed E-state index contributed by atoms with van der Waals surface area (Å²) in [6.45, 7) is 5.26. The predicted octanol–water partition coefficient (Wildman–Crippen LogP) is 2.97. The molecule has 15 heteroatoms. The summed E-state index contributed by atoms with van der Waals surface area (Å²) in [5, 5.41) is 28.5. The normalized spacial score (nSPS) is 24.8. The Hall–Kier alpha value is -3.13. The summed E-state index contributed by atoms with van der Waals surface area (Å²) in [4.78, 5) is 16.6. The molecule has 4 rings (SSSR count). The van der Waals surface area contributed by atoms with Crippen LogP contribution in [0.5, 0.6) is 5.75 Å². The van der Waals surface area contributed by atoms with Gasteiger partial charge in [-0.15, -0.1) is 0 Å². The Bertz CT molecular complexity index is 1430. The second-order valence-electron chi connectivity index (χ2n) is 11.0. The molecule has 3 aromatic rings. The third-order valence-electron chi connectivity index (χ3n) is 7.28. The second kappa shape index (κ2) is 12.6. The van der Waals surface area contributed by atoms with E-state index in [4.69, 9.17) is 24.3 Å². The SMILES string of the molecule is CCC(C)(C)COC(=O)[C@H](C)NP(=O)(OC[C@@]1(CF)O[C@@H](c2ccc3c(N)ncnn23)[C@H](O)[C@@H]1O)Oc1ccccc1. The number of aromatic nitrogens is 3. The first kappa shape index (κ1) is 31.8. The highest BCUT2D eigenvalue weighted by Crippen LogP contribution is 2.48. The molecule has 1 unspecified atom stereocenters. The maximum atomic E-state index is 14.7. The molecular formula is C27H37FN5O8P. The molecule has 5 N–H and O–H groups in total. The van der Waals surface area contributed by atoms with Gasteiger partial charge in [0.05, 0.1) is 18.9 Å². The minimum Gasteiger partial charge on any atom is -0.464 e. The van der Waals surface area contributed by atoms with Gasteiger partial charge in [0.15, 0.2) is 5.82 Å². The highest BCUT2D eigenvalue weighted by Gasteiger charge is 2.57. The Morgan fingerprint density at radius 2 is 2.00 bits per heavy atom. The van der Waals surface area contributed by atoms with Crippen LogP contribution in [-0.4, -0.2) is 74.5 Å². The first-order valence-electron chi connectivity index (χ1n) is 13.5. The number of nitrogens with zero attached hydrogens (tertiary/aromatic N) is 3. The standard InChI is InChI=1S/C27H37FN5O8P/c1-5-26(3,4)14-38-25(36)17(2)32-42(37,41-18-9-7-6-8-10-18)39-15-27(13-28)23(35)21(34)22(40-27)19-11-12-20-24(29)30-16-31-33(19)20/h6-12,16-17,21-23,34-35H,5,13-15H2,1-4H3,(H,32,37)(H2,29,30,31)/t17-,21-,22-,23-,27+,42?/m0/s1. The Kier molecular flexibility index (Phi) is 9.55. The van der Waals surface area contributed by atoms with E-state index < -0.39 is 57.0 Å². The fourth-order valence-electron chi connectivity index (χ4n) is 4.25. The topological polar surface area (TPSA) is 180 Å². The highest BCUT2D eigenvalue weighted by atomic mass is 31.2. The van der Waals surface area contributed by atoms with Crippen LogP contribution in [0.4, 0.5) is 10.2 Å². The van der Waals surface area contributed by atoms with E-state index in [0.29, 0.717) is 5.52 Å². The number of anilines is 1. The van der Waals surface area contributed by atoms with Crippen LogP contribution < -0.4 is 15.3 Å². The van der Waals surface area contributed by atoms with E-state index in [1.165, 1.54) is 29.9 Å². The molecule has 2 aromatic heterocycles. The number of ether oxygens (including phenoxy) is 2. The van der Waals surface area contributed by atoms with Gasteiger partial charge in [-0.2, -0.15) is 10.2 Å². The summed E-state index contributed by atoms with van der Waals surface area (Å²) in [5.74, 6) is -0.398. The van der Waals surface area contributed by atoms with Gasteiger partial charge in [0.25, 0.3) is 0 Å². The number of benzene rings is 1. The zero-order chi connectivity index (χ0) is 30.7. The summed E-state index contributed by atoms with van der Waals surface area (Å²) in [5.41, 5.74) is 4.16. The fourth-order valence-corrected chi connectivity index (χ4v) is 5.80. The van der Waals surface area contributed by atoms with Gasteiger partial charge in [-0.25, -0.2) is 18.5 Å². The van der Waals surface area contributed by atoms with Crippen molar-refractivity contribution in [2.45, 2.75) is 64.1 Å². The van der Waals surface area contributed by atoms with Gasteiger partial charge in [-0.1, -0.05) is 39.0 Å². The van der Waals surface area contributed by atoms with Crippen LogP contribution in [-0.2, 0) is 23.4 Å². The summed E-state index contributed by atoms with van der Waals surface area (Å²) >= 11 is 0. The largest absolute Gasteiger partial charge is 0.464 e. The van der Waals surface area contributed by atoms with E-state index >= 15 is 0 Å². The number of hydrogen-bond donors (Lipinski definition) is 4. The van der Waals surface area contributed by atoms with Crippen LogP contribution in [0.2, 0.25) is 0 Å². The maximum absolute atomic E-state index is 14.7. The van der Waals surface area contributed by atoms with E-state index in [1.807, 2.05) is 20.8 Å². The van der Waals surface area contributed by atoms with E-state index in [1.54, 1.807) is 30.3 Å². The van der Waals surface area contributed by atoms with E-state index in [9.17, 15) is 24.0 Å². The zero-order valence-corrected chi connectivity index (χ0v) is 24.7. The summed E-state index contributed by atoms with van der Waals surface area (Å²) in [7, 11) is -4.44. The lowest BCUT2D eigenvalue weighted by molar-refractivity contribution is -0.148. The van der Waals surface area contributed by atoms with Crippen LogP contribution >= 0.6 is 7.75 Å². The third kappa shape index (κ3) is 6.74.